The fraction of sp³-hybridized carbons (Fsp3) is 0.613. The Kier molecular flexibility index (Phi) is 11.2. The molecule has 2 aliphatic heterocycles. The van der Waals surface area contributed by atoms with Crippen LogP contribution in [0.25, 0.3) is 0 Å². The number of hydrogen-bond donors (Lipinski definition) is 4. The molecule has 15 heteroatoms. The fourth-order valence-electron chi connectivity index (χ4n) is 6.10. The summed E-state index contributed by atoms with van der Waals surface area (Å²) in [5, 5.41) is 12.0. The highest BCUT2D eigenvalue weighted by atomic mass is 19.4. The number of aromatic nitrogens is 2. The molecule has 0 spiro atoms. The molecule has 1 saturated carbocycles. The molecule has 12 nitrogen and oxygen atoms in total. The number of hydrogen-bond acceptors (Lipinski definition) is 10. The monoisotopic (exact) mass is 648 g/mol. The molecule has 4 N–H and O–H groups in total. The molecule has 0 bridgehead atoms. The standard InChI is InChI=1S/C31H43F3N8O4/c1-41-11-9-21(10-12-41)36-29(44)20-7-8-25(26(17-20)45-2)39-30-35-18-22(31(32,33)34)28(40-30)38-24-6-4-3-5-23(24)37-27(43)19-42-13-15-46-16-14-42/h7-8,17-18,21,23-24H,3-6,9-16,19H2,1-2H3,(H,36,44)(H,37,43)(H2,35,38,39,40)/t23-,24-/m1/s1. The number of alkyl halides is 3. The van der Waals surface area contributed by atoms with Gasteiger partial charge in [0.2, 0.25) is 11.9 Å². The first-order valence-electron chi connectivity index (χ1n) is 15.8. The van der Waals surface area contributed by atoms with E-state index in [1.165, 1.54) is 7.11 Å². The van der Waals surface area contributed by atoms with E-state index in [-0.39, 0.29) is 42.2 Å². The van der Waals surface area contributed by atoms with Crippen molar-refractivity contribution >= 4 is 29.3 Å². The van der Waals surface area contributed by atoms with Crippen LogP contribution in [-0.4, -0.2) is 110 Å². The lowest BCUT2D eigenvalue weighted by atomic mass is 9.90. The maximum atomic E-state index is 14.1. The van der Waals surface area contributed by atoms with Crippen LogP contribution in [0.15, 0.2) is 24.4 Å². The van der Waals surface area contributed by atoms with E-state index in [0.717, 1.165) is 45.0 Å². The molecule has 2 amide bonds. The molecule has 2 saturated heterocycles. The van der Waals surface area contributed by atoms with Crippen molar-refractivity contribution in [3.8, 4) is 5.75 Å². The maximum absolute atomic E-state index is 14.1. The molecule has 2 atom stereocenters. The Morgan fingerprint density at radius 2 is 1.74 bits per heavy atom. The van der Waals surface area contributed by atoms with Crippen molar-refractivity contribution in [2.75, 3.05) is 70.7 Å². The average Bonchev–Trinajstić information content (AvgIpc) is 3.03. The molecule has 3 aliphatic rings. The number of ether oxygens (including phenoxy) is 2. The summed E-state index contributed by atoms with van der Waals surface area (Å²) in [6.45, 7) is 4.47. The first kappa shape index (κ1) is 33.7. The van der Waals surface area contributed by atoms with Gasteiger partial charge in [0.25, 0.3) is 5.91 Å². The minimum absolute atomic E-state index is 0.0824. The van der Waals surface area contributed by atoms with Crippen molar-refractivity contribution < 1.29 is 32.2 Å². The number of halogens is 3. The van der Waals surface area contributed by atoms with Crippen molar-refractivity contribution in [3.63, 3.8) is 0 Å². The van der Waals surface area contributed by atoms with Crippen LogP contribution >= 0.6 is 0 Å². The summed E-state index contributed by atoms with van der Waals surface area (Å²) in [4.78, 5) is 38.1. The Morgan fingerprint density at radius 3 is 2.43 bits per heavy atom. The lowest BCUT2D eigenvalue weighted by Gasteiger charge is -2.34. The molecule has 5 rings (SSSR count). The van der Waals surface area contributed by atoms with E-state index in [4.69, 9.17) is 9.47 Å². The largest absolute Gasteiger partial charge is 0.495 e. The van der Waals surface area contributed by atoms with Crippen LogP contribution in [0.2, 0.25) is 0 Å². The molecule has 3 fully saturated rings. The van der Waals surface area contributed by atoms with Gasteiger partial charge in [-0.05, 0) is 64.0 Å². The number of methoxy groups -OCH3 is 1. The predicted octanol–water partition coefficient (Wildman–Crippen LogP) is 3.24. The third-order valence-electron chi connectivity index (χ3n) is 8.76. The number of piperidine rings is 1. The average molecular weight is 649 g/mol. The van der Waals surface area contributed by atoms with E-state index in [9.17, 15) is 22.8 Å². The number of amides is 2. The lowest BCUT2D eigenvalue weighted by molar-refractivity contribution is -0.137. The number of nitrogens with zero attached hydrogens (tertiary/aromatic N) is 4. The highest BCUT2D eigenvalue weighted by Crippen LogP contribution is 2.36. The van der Waals surface area contributed by atoms with Gasteiger partial charge in [0, 0.05) is 43.0 Å². The van der Waals surface area contributed by atoms with Gasteiger partial charge in [-0.1, -0.05) is 12.8 Å². The molecule has 0 unspecified atom stereocenters. The van der Waals surface area contributed by atoms with Crippen molar-refractivity contribution in [1.29, 1.82) is 0 Å². The van der Waals surface area contributed by atoms with Crippen LogP contribution in [0.3, 0.4) is 0 Å². The smallest absolute Gasteiger partial charge is 0.421 e. The van der Waals surface area contributed by atoms with Gasteiger partial charge >= 0.3 is 6.18 Å². The van der Waals surface area contributed by atoms with Gasteiger partial charge in [-0.15, -0.1) is 0 Å². The zero-order chi connectivity index (χ0) is 32.7. The normalized spacial score (nSPS) is 21.8. The molecule has 3 heterocycles. The van der Waals surface area contributed by atoms with E-state index < -0.39 is 17.8 Å². The molecule has 1 aromatic carbocycles. The number of nitrogens with one attached hydrogen (secondary N) is 4. The maximum Gasteiger partial charge on any atom is 0.421 e. The lowest BCUT2D eigenvalue weighted by Crippen LogP contribution is -2.52. The summed E-state index contributed by atoms with van der Waals surface area (Å²) in [7, 11) is 3.49. The second-order valence-electron chi connectivity index (χ2n) is 12.1. The Balaban J connectivity index is 1.29. The fourth-order valence-corrected chi connectivity index (χ4v) is 6.10. The highest BCUT2D eigenvalue weighted by Gasteiger charge is 2.37. The zero-order valence-corrected chi connectivity index (χ0v) is 26.3. The summed E-state index contributed by atoms with van der Waals surface area (Å²) < 4.78 is 53.0. The van der Waals surface area contributed by atoms with E-state index in [1.54, 1.807) is 18.2 Å². The molecule has 0 radical (unpaired) electrons. The van der Waals surface area contributed by atoms with Crippen molar-refractivity contribution in [3.05, 3.63) is 35.5 Å². The Bertz CT molecular complexity index is 1350. The quantitative estimate of drug-likeness (QED) is 0.305. The number of likely N-dealkylation sites (tertiary alicyclic amines) is 1. The van der Waals surface area contributed by atoms with Gasteiger partial charge in [-0.3, -0.25) is 14.5 Å². The molecule has 1 aliphatic carbocycles. The number of carbonyl (C=O) groups is 2. The zero-order valence-electron chi connectivity index (χ0n) is 26.3. The summed E-state index contributed by atoms with van der Waals surface area (Å²) in [5.74, 6) is -0.546. The van der Waals surface area contributed by atoms with Crippen LogP contribution < -0.4 is 26.0 Å². The van der Waals surface area contributed by atoms with Gasteiger partial charge < -0.3 is 35.6 Å². The Labute approximate surface area is 266 Å². The number of rotatable bonds is 10. The van der Waals surface area contributed by atoms with Gasteiger partial charge in [0.1, 0.15) is 17.1 Å². The molecule has 46 heavy (non-hydrogen) atoms. The molecular formula is C31H43F3N8O4. The van der Waals surface area contributed by atoms with E-state index in [2.05, 4.69) is 43.2 Å². The van der Waals surface area contributed by atoms with Crippen molar-refractivity contribution in [2.24, 2.45) is 0 Å². The number of carbonyl (C=O) groups excluding carboxylic acids is 2. The highest BCUT2D eigenvalue weighted by molar-refractivity contribution is 5.95. The van der Waals surface area contributed by atoms with Crippen LogP contribution in [0.1, 0.15) is 54.4 Å². The van der Waals surface area contributed by atoms with E-state index >= 15 is 0 Å². The second-order valence-corrected chi connectivity index (χ2v) is 12.1. The van der Waals surface area contributed by atoms with Crippen LogP contribution in [0, 0.1) is 0 Å². The van der Waals surface area contributed by atoms with E-state index in [1.807, 2.05) is 4.90 Å². The van der Waals surface area contributed by atoms with Crippen molar-refractivity contribution in [2.45, 2.75) is 62.8 Å². The van der Waals surface area contributed by atoms with Crippen LogP contribution in [0.5, 0.6) is 5.75 Å². The number of anilines is 3. The second kappa shape index (κ2) is 15.3. The van der Waals surface area contributed by atoms with Gasteiger partial charge in [0.15, 0.2) is 0 Å². The third-order valence-corrected chi connectivity index (χ3v) is 8.76. The Morgan fingerprint density at radius 1 is 1.02 bits per heavy atom. The third kappa shape index (κ3) is 8.97. The topological polar surface area (TPSA) is 133 Å². The molecule has 252 valence electrons. The number of morpholine rings is 1. The van der Waals surface area contributed by atoms with Crippen LogP contribution in [-0.2, 0) is 15.7 Å². The van der Waals surface area contributed by atoms with Crippen molar-refractivity contribution in [1.82, 2.24) is 30.4 Å². The first-order chi connectivity index (χ1) is 22.1. The minimum atomic E-state index is -4.70. The SMILES string of the molecule is COc1cc(C(=O)NC2CCN(C)CC2)ccc1Nc1ncc(C(F)(F)F)c(N[C@@H]2CCCC[C@H]2NC(=O)CN2CCOCC2)n1. The molecular weight excluding hydrogens is 605 g/mol. The minimum Gasteiger partial charge on any atom is -0.495 e. The summed E-state index contributed by atoms with van der Waals surface area (Å²) in [6.07, 6.45) is 0.634. The summed E-state index contributed by atoms with van der Waals surface area (Å²) in [5.41, 5.74) is -0.221. The Hall–Kier alpha value is -3.69. The van der Waals surface area contributed by atoms with Gasteiger partial charge in [-0.2, -0.15) is 18.2 Å². The van der Waals surface area contributed by atoms with Gasteiger partial charge in [-0.25, -0.2) is 4.98 Å². The van der Waals surface area contributed by atoms with Gasteiger partial charge in [0.05, 0.1) is 32.6 Å². The predicted molar refractivity (Wildman–Crippen MR) is 166 cm³/mol. The molecule has 1 aromatic heterocycles. The van der Waals surface area contributed by atoms with Crippen LogP contribution in [0.4, 0.5) is 30.6 Å². The summed E-state index contributed by atoms with van der Waals surface area (Å²) in [6, 6.07) is 4.07. The molecule has 2 aromatic rings. The van der Waals surface area contributed by atoms with E-state index in [0.29, 0.717) is 56.1 Å². The number of benzene rings is 1. The summed E-state index contributed by atoms with van der Waals surface area (Å²) >= 11 is 0. The first-order valence-corrected chi connectivity index (χ1v) is 15.8.